The van der Waals surface area contributed by atoms with Crippen LogP contribution in [0.3, 0.4) is 0 Å². The van der Waals surface area contributed by atoms with Crippen LogP contribution in [0.25, 0.3) is 0 Å². The van der Waals surface area contributed by atoms with Gasteiger partial charge in [-0.15, -0.1) is 0 Å². The number of amides is 1. The number of nitrogens with zero attached hydrogens (tertiary/aromatic N) is 1. The van der Waals surface area contributed by atoms with Gasteiger partial charge in [0.15, 0.2) is 0 Å². The van der Waals surface area contributed by atoms with Gasteiger partial charge in [-0.05, 0) is 43.7 Å². The van der Waals surface area contributed by atoms with Crippen LogP contribution in [-0.4, -0.2) is 32.2 Å². The van der Waals surface area contributed by atoms with Crippen molar-refractivity contribution in [1.29, 1.82) is 0 Å². The zero-order chi connectivity index (χ0) is 17.9. The molecule has 0 fully saturated rings. The van der Waals surface area contributed by atoms with E-state index in [0.29, 0.717) is 15.8 Å². The Bertz CT molecular complexity index is 819. The Morgan fingerprint density at radius 2 is 2.08 bits per heavy atom. The predicted molar refractivity (Wildman–Crippen MR) is 94.0 cm³/mol. The number of carbonyl (C=O) groups excluding carboxylic acids is 1. The highest BCUT2D eigenvalue weighted by molar-refractivity contribution is 9.10. The first kappa shape index (κ1) is 18.7. The highest BCUT2D eigenvalue weighted by atomic mass is 79.9. The van der Waals surface area contributed by atoms with E-state index in [2.05, 4.69) is 21.2 Å². The summed E-state index contributed by atoms with van der Waals surface area (Å²) in [6.45, 7) is 3.20. The summed E-state index contributed by atoms with van der Waals surface area (Å²) in [5, 5.41) is 2.71. The van der Waals surface area contributed by atoms with Crippen molar-refractivity contribution >= 4 is 31.9 Å². The van der Waals surface area contributed by atoms with Gasteiger partial charge in [0.1, 0.15) is 5.76 Å². The third-order valence-corrected chi connectivity index (χ3v) is 5.99. The molecule has 0 aliphatic carbocycles. The van der Waals surface area contributed by atoms with Crippen molar-refractivity contribution in [3.8, 4) is 0 Å². The molecular weight excluding hydrogens is 396 g/mol. The van der Waals surface area contributed by atoms with Crippen LogP contribution in [-0.2, 0) is 14.8 Å². The molecule has 0 saturated heterocycles. The molecule has 1 aromatic heterocycles. The maximum atomic E-state index is 12.7. The Labute approximate surface area is 150 Å². The summed E-state index contributed by atoms with van der Waals surface area (Å²) in [4.78, 5) is 12.3. The first-order valence-electron chi connectivity index (χ1n) is 7.27. The third-order valence-electron chi connectivity index (χ3n) is 3.55. The van der Waals surface area contributed by atoms with E-state index >= 15 is 0 Å². The van der Waals surface area contributed by atoms with Gasteiger partial charge in [0.2, 0.25) is 15.9 Å². The highest BCUT2D eigenvalue weighted by Gasteiger charge is 2.25. The number of nitrogens with one attached hydrogen (secondary N) is 1. The largest absolute Gasteiger partial charge is 0.467 e. The van der Waals surface area contributed by atoms with Crippen LogP contribution >= 0.6 is 15.9 Å². The van der Waals surface area contributed by atoms with Crippen molar-refractivity contribution in [3.63, 3.8) is 0 Å². The number of rotatable bonds is 6. The highest BCUT2D eigenvalue weighted by Crippen LogP contribution is 2.23. The Kier molecular flexibility index (Phi) is 5.84. The third kappa shape index (κ3) is 4.25. The number of aryl methyl sites for hydroxylation is 1. The number of sulfonamides is 1. The molecule has 1 aromatic carbocycles. The Morgan fingerprint density at radius 1 is 1.38 bits per heavy atom. The van der Waals surface area contributed by atoms with Crippen LogP contribution in [0.2, 0.25) is 0 Å². The maximum absolute atomic E-state index is 12.7. The van der Waals surface area contributed by atoms with Crippen LogP contribution in [0.1, 0.15) is 24.3 Å². The molecule has 1 heterocycles. The average molecular weight is 415 g/mol. The topological polar surface area (TPSA) is 79.6 Å². The number of furan rings is 1. The number of halogens is 1. The quantitative estimate of drug-likeness (QED) is 0.787. The zero-order valence-electron chi connectivity index (χ0n) is 13.6. The molecule has 0 spiro atoms. The molecule has 1 atom stereocenters. The summed E-state index contributed by atoms with van der Waals surface area (Å²) >= 11 is 3.27. The standard InChI is InChI=1S/C16H19BrN2O4S/c1-11-6-7-13(17)9-15(11)24(21,22)19(3)10-16(20)18-12(2)14-5-4-8-23-14/h4-9,12H,10H2,1-3H3,(H,18,20). The average Bonchev–Trinajstić information content (AvgIpc) is 3.03. The molecule has 0 bridgehead atoms. The SMILES string of the molecule is Cc1ccc(Br)cc1S(=O)(=O)N(C)CC(=O)NC(C)c1ccco1. The van der Waals surface area contributed by atoms with E-state index in [1.165, 1.54) is 19.4 Å². The Morgan fingerprint density at radius 3 is 2.71 bits per heavy atom. The Balaban J connectivity index is 2.09. The Hall–Kier alpha value is -1.64. The first-order valence-corrected chi connectivity index (χ1v) is 9.50. The molecule has 0 radical (unpaired) electrons. The second-order valence-electron chi connectivity index (χ2n) is 5.48. The lowest BCUT2D eigenvalue weighted by atomic mass is 10.2. The van der Waals surface area contributed by atoms with Crippen LogP contribution in [0.5, 0.6) is 0 Å². The van der Waals surface area contributed by atoms with E-state index in [1.54, 1.807) is 38.1 Å². The molecule has 0 aliphatic heterocycles. The molecule has 1 amide bonds. The predicted octanol–water partition coefficient (Wildman–Crippen LogP) is 2.85. The number of likely N-dealkylation sites (N-methyl/N-ethyl adjacent to an activating group) is 1. The minimum atomic E-state index is -3.76. The maximum Gasteiger partial charge on any atom is 0.243 e. The summed E-state index contributed by atoms with van der Waals surface area (Å²) in [7, 11) is -2.38. The molecule has 8 heteroatoms. The van der Waals surface area contributed by atoms with Crippen molar-refractivity contribution < 1.29 is 17.6 Å². The van der Waals surface area contributed by atoms with Gasteiger partial charge < -0.3 is 9.73 Å². The zero-order valence-corrected chi connectivity index (χ0v) is 16.0. The molecule has 24 heavy (non-hydrogen) atoms. The molecule has 2 rings (SSSR count). The molecule has 1 N–H and O–H groups in total. The number of carbonyl (C=O) groups is 1. The normalized spacial score (nSPS) is 13.0. The summed E-state index contributed by atoms with van der Waals surface area (Å²) in [6.07, 6.45) is 1.52. The van der Waals surface area contributed by atoms with E-state index < -0.39 is 15.9 Å². The summed E-state index contributed by atoms with van der Waals surface area (Å²) < 4.78 is 32.2. The van der Waals surface area contributed by atoms with Gasteiger partial charge in [0, 0.05) is 11.5 Å². The summed E-state index contributed by atoms with van der Waals surface area (Å²) in [6, 6.07) is 8.15. The van der Waals surface area contributed by atoms with Crippen LogP contribution in [0.15, 0.2) is 50.4 Å². The van der Waals surface area contributed by atoms with Crippen molar-refractivity contribution in [2.75, 3.05) is 13.6 Å². The number of benzene rings is 1. The van der Waals surface area contributed by atoms with Gasteiger partial charge in [-0.1, -0.05) is 22.0 Å². The fraction of sp³-hybridized carbons (Fsp3) is 0.312. The smallest absolute Gasteiger partial charge is 0.243 e. The molecule has 1 unspecified atom stereocenters. The minimum Gasteiger partial charge on any atom is -0.467 e. The van der Waals surface area contributed by atoms with Gasteiger partial charge in [-0.3, -0.25) is 4.79 Å². The number of hydrogen-bond acceptors (Lipinski definition) is 4. The fourth-order valence-corrected chi connectivity index (χ4v) is 4.09. The van der Waals surface area contributed by atoms with E-state index in [4.69, 9.17) is 4.42 Å². The van der Waals surface area contributed by atoms with E-state index in [0.717, 1.165) is 4.31 Å². The van der Waals surface area contributed by atoms with Crippen molar-refractivity contribution in [2.24, 2.45) is 0 Å². The van der Waals surface area contributed by atoms with Gasteiger partial charge in [0.05, 0.1) is 23.7 Å². The lowest BCUT2D eigenvalue weighted by molar-refractivity contribution is -0.121. The second kappa shape index (κ2) is 7.50. The molecule has 0 saturated carbocycles. The van der Waals surface area contributed by atoms with Gasteiger partial charge in [-0.25, -0.2) is 8.42 Å². The van der Waals surface area contributed by atoms with E-state index in [1.807, 2.05) is 0 Å². The molecule has 6 nitrogen and oxygen atoms in total. The minimum absolute atomic E-state index is 0.172. The van der Waals surface area contributed by atoms with Crippen molar-refractivity contribution in [1.82, 2.24) is 9.62 Å². The summed E-state index contributed by atoms with van der Waals surface area (Å²) in [5.41, 5.74) is 0.620. The molecular formula is C16H19BrN2O4S. The number of hydrogen-bond donors (Lipinski definition) is 1. The van der Waals surface area contributed by atoms with Gasteiger partial charge in [-0.2, -0.15) is 4.31 Å². The van der Waals surface area contributed by atoms with E-state index in [-0.39, 0.29) is 17.5 Å². The van der Waals surface area contributed by atoms with Crippen molar-refractivity contribution in [3.05, 3.63) is 52.4 Å². The first-order chi connectivity index (χ1) is 11.2. The molecule has 2 aromatic rings. The van der Waals surface area contributed by atoms with Crippen molar-refractivity contribution in [2.45, 2.75) is 24.8 Å². The van der Waals surface area contributed by atoms with Gasteiger partial charge in [0.25, 0.3) is 0 Å². The lowest BCUT2D eigenvalue weighted by Crippen LogP contribution is -2.39. The second-order valence-corrected chi connectivity index (χ2v) is 8.40. The lowest BCUT2D eigenvalue weighted by Gasteiger charge is -2.19. The van der Waals surface area contributed by atoms with E-state index in [9.17, 15) is 13.2 Å². The van der Waals surface area contributed by atoms with Crippen LogP contribution in [0, 0.1) is 6.92 Å². The monoisotopic (exact) mass is 414 g/mol. The summed E-state index contributed by atoms with van der Waals surface area (Å²) in [5.74, 6) is 0.203. The molecule has 130 valence electrons. The molecule has 0 aliphatic rings. The van der Waals surface area contributed by atoms with Crippen LogP contribution < -0.4 is 5.32 Å². The van der Waals surface area contributed by atoms with Crippen LogP contribution in [0.4, 0.5) is 0 Å². The van der Waals surface area contributed by atoms with Gasteiger partial charge >= 0.3 is 0 Å². The fourth-order valence-electron chi connectivity index (χ4n) is 2.20.